The van der Waals surface area contributed by atoms with E-state index in [0.717, 1.165) is 5.56 Å². The number of carbonyl (C=O) groups excluding carboxylic acids is 1. The third-order valence-electron chi connectivity index (χ3n) is 1.64. The molecule has 0 aliphatic rings. The Morgan fingerprint density at radius 3 is 3.00 bits per heavy atom. The first-order valence-electron chi connectivity index (χ1n) is 4.14. The standard InChI is InChI=1S/C10H10N2O2/c11-5-4-10(14)12-7-8-2-1-3-9(13)6-8/h1-3,6,13H,4,7H2,(H,12,14). The summed E-state index contributed by atoms with van der Waals surface area (Å²) in [7, 11) is 0. The molecule has 4 nitrogen and oxygen atoms in total. The molecule has 0 aromatic heterocycles. The van der Waals surface area contributed by atoms with E-state index in [1.54, 1.807) is 30.3 Å². The largest absolute Gasteiger partial charge is 0.508 e. The van der Waals surface area contributed by atoms with Gasteiger partial charge in [0.15, 0.2) is 0 Å². The van der Waals surface area contributed by atoms with Crippen LogP contribution in [0.15, 0.2) is 24.3 Å². The smallest absolute Gasteiger partial charge is 0.234 e. The van der Waals surface area contributed by atoms with Gasteiger partial charge in [0.1, 0.15) is 12.2 Å². The third-order valence-corrected chi connectivity index (χ3v) is 1.64. The maximum atomic E-state index is 10.9. The van der Waals surface area contributed by atoms with Gasteiger partial charge in [0.05, 0.1) is 6.07 Å². The molecule has 0 aliphatic carbocycles. The number of hydrogen-bond donors (Lipinski definition) is 2. The van der Waals surface area contributed by atoms with Gasteiger partial charge in [-0.15, -0.1) is 0 Å². The van der Waals surface area contributed by atoms with Crippen molar-refractivity contribution in [2.24, 2.45) is 0 Å². The van der Waals surface area contributed by atoms with Crippen LogP contribution in [0.5, 0.6) is 5.75 Å². The highest BCUT2D eigenvalue weighted by molar-refractivity contribution is 5.77. The van der Waals surface area contributed by atoms with Gasteiger partial charge in [-0.3, -0.25) is 4.79 Å². The Bertz CT molecular complexity index is 369. The SMILES string of the molecule is N#CCC(=O)NCc1cccc(O)c1. The summed E-state index contributed by atoms with van der Waals surface area (Å²) >= 11 is 0. The van der Waals surface area contributed by atoms with E-state index < -0.39 is 0 Å². The topological polar surface area (TPSA) is 73.1 Å². The van der Waals surface area contributed by atoms with E-state index in [1.807, 2.05) is 0 Å². The second-order valence-electron chi connectivity index (χ2n) is 2.78. The number of phenols is 1. The van der Waals surface area contributed by atoms with Crippen LogP contribution in [0.3, 0.4) is 0 Å². The van der Waals surface area contributed by atoms with E-state index in [4.69, 9.17) is 10.4 Å². The summed E-state index contributed by atoms with van der Waals surface area (Å²) in [6.45, 7) is 0.328. The van der Waals surface area contributed by atoms with Gasteiger partial charge in [0.25, 0.3) is 0 Å². The van der Waals surface area contributed by atoms with Crippen LogP contribution in [-0.4, -0.2) is 11.0 Å². The Balaban J connectivity index is 2.46. The molecule has 0 radical (unpaired) electrons. The highest BCUT2D eigenvalue weighted by atomic mass is 16.3. The summed E-state index contributed by atoms with van der Waals surface area (Å²) in [5.41, 5.74) is 0.802. The molecular formula is C10H10N2O2. The molecule has 0 unspecified atom stereocenters. The van der Waals surface area contributed by atoms with Crippen molar-refractivity contribution >= 4 is 5.91 Å². The molecular weight excluding hydrogens is 180 g/mol. The Hall–Kier alpha value is -2.02. The number of benzene rings is 1. The van der Waals surface area contributed by atoms with Gasteiger partial charge in [-0.05, 0) is 17.7 Å². The molecule has 1 aromatic rings. The van der Waals surface area contributed by atoms with Gasteiger partial charge in [-0.1, -0.05) is 12.1 Å². The van der Waals surface area contributed by atoms with Gasteiger partial charge < -0.3 is 10.4 Å². The van der Waals surface area contributed by atoms with Gasteiger partial charge >= 0.3 is 0 Å². The van der Waals surface area contributed by atoms with E-state index in [2.05, 4.69) is 5.32 Å². The van der Waals surface area contributed by atoms with Crippen LogP contribution in [-0.2, 0) is 11.3 Å². The minimum atomic E-state index is -0.309. The molecule has 0 saturated heterocycles. The minimum absolute atomic E-state index is 0.140. The van der Waals surface area contributed by atoms with E-state index in [9.17, 15) is 4.79 Å². The minimum Gasteiger partial charge on any atom is -0.508 e. The number of rotatable bonds is 3. The molecule has 0 saturated carbocycles. The summed E-state index contributed by atoms with van der Waals surface area (Å²) < 4.78 is 0. The maximum absolute atomic E-state index is 10.9. The van der Waals surface area contributed by atoms with Crippen LogP contribution < -0.4 is 5.32 Å². The van der Waals surface area contributed by atoms with Crippen molar-refractivity contribution in [2.75, 3.05) is 0 Å². The van der Waals surface area contributed by atoms with Crippen molar-refractivity contribution in [2.45, 2.75) is 13.0 Å². The van der Waals surface area contributed by atoms with Crippen LogP contribution in [0.1, 0.15) is 12.0 Å². The average Bonchev–Trinajstić information content (AvgIpc) is 2.15. The predicted molar refractivity (Wildman–Crippen MR) is 50.2 cm³/mol. The Kier molecular flexibility index (Phi) is 3.50. The fourth-order valence-corrected chi connectivity index (χ4v) is 1.00. The number of carbonyl (C=O) groups is 1. The van der Waals surface area contributed by atoms with Crippen LogP contribution in [0, 0.1) is 11.3 Å². The molecule has 0 heterocycles. The number of nitriles is 1. The number of phenolic OH excluding ortho intramolecular Hbond substituents is 1. The fourth-order valence-electron chi connectivity index (χ4n) is 1.00. The van der Waals surface area contributed by atoms with Crippen LogP contribution in [0.2, 0.25) is 0 Å². The van der Waals surface area contributed by atoms with E-state index in [1.165, 1.54) is 0 Å². The summed E-state index contributed by atoms with van der Waals surface area (Å²) in [6, 6.07) is 8.35. The van der Waals surface area contributed by atoms with Gasteiger partial charge in [-0.2, -0.15) is 5.26 Å². The molecule has 0 atom stereocenters. The second-order valence-corrected chi connectivity index (χ2v) is 2.78. The summed E-state index contributed by atoms with van der Waals surface area (Å²) in [6.07, 6.45) is -0.140. The highest BCUT2D eigenvalue weighted by Crippen LogP contribution is 2.10. The van der Waals surface area contributed by atoms with E-state index in [0.29, 0.717) is 6.54 Å². The molecule has 0 aliphatic heterocycles. The molecule has 1 amide bonds. The normalized spacial score (nSPS) is 9.07. The van der Waals surface area contributed by atoms with Crippen molar-refractivity contribution in [1.29, 1.82) is 5.26 Å². The third kappa shape index (κ3) is 3.15. The lowest BCUT2D eigenvalue weighted by atomic mass is 10.2. The lowest BCUT2D eigenvalue weighted by molar-refractivity contribution is -0.120. The molecule has 14 heavy (non-hydrogen) atoms. The first kappa shape index (κ1) is 10.1. The molecule has 2 N–H and O–H groups in total. The monoisotopic (exact) mass is 190 g/mol. The maximum Gasteiger partial charge on any atom is 0.234 e. The Labute approximate surface area is 81.8 Å². The zero-order chi connectivity index (χ0) is 10.4. The molecule has 4 heteroatoms. The number of hydrogen-bond acceptors (Lipinski definition) is 3. The molecule has 0 spiro atoms. The first-order chi connectivity index (χ1) is 6.72. The average molecular weight is 190 g/mol. The van der Waals surface area contributed by atoms with Crippen molar-refractivity contribution in [1.82, 2.24) is 5.32 Å². The summed E-state index contributed by atoms with van der Waals surface area (Å²) in [4.78, 5) is 10.9. The molecule has 72 valence electrons. The van der Waals surface area contributed by atoms with Crippen molar-refractivity contribution in [3.63, 3.8) is 0 Å². The lowest BCUT2D eigenvalue weighted by Crippen LogP contribution is -2.21. The van der Waals surface area contributed by atoms with Crippen LogP contribution >= 0.6 is 0 Å². The molecule has 0 bridgehead atoms. The molecule has 1 aromatic carbocycles. The number of nitrogens with zero attached hydrogens (tertiary/aromatic N) is 1. The van der Waals surface area contributed by atoms with E-state index in [-0.39, 0.29) is 18.1 Å². The van der Waals surface area contributed by atoms with Crippen molar-refractivity contribution in [3.8, 4) is 11.8 Å². The van der Waals surface area contributed by atoms with Crippen LogP contribution in [0.4, 0.5) is 0 Å². The van der Waals surface area contributed by atoms with E-state index >= 15 is 0 Å². The number of aromatic hydroxyl groups is 1. The zero-order valence-corrected chi connectivity index (χ0v) is 7.53. The lowest BCUT2D eigenvalue weighted by Gasteiger charge is -2.02. The zero-order valence-electron chi connectivity index (χ0n) is 7.53. The Morgan fingerprint density at radius 2 is 2.36 bits per heavy atom. The molecule has 0 fully saturated rings. The van der Waals surface area contributed by atoms with Gasteiger partial charge in [0, 0.05) is 6.54 Å². The van der Waals surface area contributed by atoms with Gasteiger partial charge in [0.2, 0.25) is 5.91 Å². The summed E-state index contributed by atoms with van der Waals surface area (Å²) in [5.74, 6) is -0.145. The molecule has 1 rings (SSSR count). The second kappa shape index (κ2) is 4.87. The number of nitrogens with one attached hydrogen (secondary N) is 1. The Morgan fingerprint density at radius 1 is 1.57 bits per heavy atom. The first-order valence-corrected chi connectivity index (χ1v) is 4.14. The van der Waals surface area contributed by atoms with Gasteiger partial charge in [-0.25, -0.2) is 0 Å². The van der Waals surface area contributed by atoms with Crippen LogP contribution in [0.25, 0.3) is 0 Å². The van der Waals surface area contributed by atoms with Crippen molar-refractivity contribution < 1.29 is 9.90 Å². The van der Waals surface area contributed by atoms with Crippen molar-refractivity contribution in [3.05, 3.63) is 29.8 Å². The predicted octanol–water partition coefficient (Wildman–Crippen LogP) is 0.922. The fraction of sp³-hybridized carbons (Fsp3) is 0.200. The number of amides is 1. The quantitative estimate of drug-likeness (QED) is 0.744. The highest BCUT2D eigenvalue weighted by Gasteiger charge is 1.99. The summed E-state index contributed by atoms with van der Waals surface area (Å²) in [5, 5.41) is 19.9.